The smallest absolute Gasteiger partial charge is 0.153 e. The molecule has 0 bridgehead atoms. The topological polar surface area (TPSA) is 34.1 Å². The molecule has 0 aliphatic rings. The summed E-state index contributed by atoms with van der Waals surface area (Å²) >= 11 is 3.09. The lowest BCUT2D eigenvalue weighted by Gasteiger charge is -1.92. The number of benzene rings is 2. The van der Waals surface area contributed by atoms with Crippen molar-refractivity contribution in [3.8, 4) is 0 Å². The predicted molar refractivity (Wildman–Crippen MR) is 104 cm³/mol. The molecule has 0 amide bonds. The maximum atomic E-state index is 10.5. The van der Waals surface area contributed by atoms with Crippen molar-refractivity contribution in [2.45, 2.75) is 23.6 Å². The largest absolute Gasteiger partial charge is 0.295 e. The van der Waals surface area contributed by atoms with Crippen LogP contribution < -0.4 is 0 Å². The summed E-state index contributed by atoms with van der Waals surface area (Å²) in [6, 6.07) is 19.9. The van der Waals surface area contributed by atoms with Gasteiger partial charge in [0.05, 0.1) is 0 Å². The van der Waals surface area contributed by atoms with E-state index in [1.54, 1.807) is 60.3 Å². The van der Waals surface area contributed by atoms with Crippen molar-refractivity contribution in [2.24, 2.45) is 0 Å². The lowest BCUT2D eigenvalue weighted by Crippen LogP contribution is -1.77. The van der Waals surface area contributed by atoms with Crippen LogP contribution in [0.1, 0.15) is 13.8 Å². The molecule has 2 rings (SSSR count). The highest BCUT2D eigenvalue weighted by atomic mass is 32.2. The van der Waals surface area contributed by atoms with Gasteiger partial charge in [0.15, 0.2) is 11.6 Å². The van der Waals surface area contributed by atoms with Crippen molar-refractivity contribution in [1.29, 1.82) is 0 Å². The van der Waals surface area contributed by atoms with E-state index in [2.05, 4.69) is 0 Å². The standard InChI is InChI=1S/2C10H10OS/c2*1-9(11)7-8-12-10-5-3-2-4-6-10/h2*2-8H,1H3/b8-7+;8-7-. The Bertz CT molecular complexity index is 616. The Hall–Kier alpha value is -2.04. The van der Waals surface area contributed by atoms with Crippen molar-refractivity contribution in [3.05, 3.63) is 83.6 Å². The third kappa shape index (κ3) is 10.6. The van der Waals surface area contributed by atoms with Crippen molar-refractivity contribution < 1.29 is 9.59 Å². The number of hydrogen-bond donors (Lipinski definition) is 0. The van der Waals surface area contributed by atoms with Gasteiger partial charge >= 0.3 is 0 Å². The first-order valence-electron chi connectivity index (χ1n) is 7.35. The van der Waals surface area contributed by atoms with Crippen LogP contribution in [-0.2, 0) is 9.59 Å². The van der Waals surface area contributed by atoms with E-state index in [-0.39, 0.29) is 11.6 Å². The highest BCUT2D eigenvalue weighted by molar-refractivity contribution is 8.02. The van der Waals surface area contributed by atoms with Crippen molar-refractivity contribution in [3.63, 3.8) is 0 Å². The molecule has 0 aliphatic carbocycles. The molecule has 124 valence electrons. The Morgan fingerprint density at radius 1 is 0.667 bits per heavy atom. The third-order valence-electron chi connectivity index (χ3n) is 2.50. The average molecular weight is 357 g/mol. The van der Waals surface area contributed by atoms with Gasteiger partial charge in [-0.25, -0.2) is 0 Å². The molecule has 0 saturated carbocycles. The summed E-state index contributed by atoms with van der Waals surface area (Å²) in [6.07, 6.45) is 3.13. The molecule has 0 atom stereocenters. The number of thioether (sulfide) groups is 2. The predicted octanol–water partition coefficient (Wildman–Crippen LogP) is 5.76. The van der Waals surface area contributed by atoms with Crippen LogP contribution in [0.15, 0.2) is 93.4 Å². The lowest BCUT2D eigenvalue weighted by molar-refractivity contribution is -0.113. The summed E-state index contributed by atoms with van der Waals surface area (Å²) in [7, 11) is 0. The van der Waals surface area contributed by atoms with Crippen molar-refractivity contribution in [2.75, 3.05) is 0 Å². The summed E-state index contributed by atoms with van der Waals surface area (Å²) in [6.45, 7) is 3.09. The first-order chi connectivity index (χ1) is 11.6. The maximum Gasteiger partial charge on any atom is 0.153 e. The lowest BCUT2D eigenvalue weighted by atomic mass is 10.4. The first-order valence-corrected chi connectivity index (χ1v) is 9.11. The molecular weight excluding hydrogens is 336 g/mol. The molecule has 2 nitrogen and oxygen atoms in total. The van der Waals surface area contributed by atoms with Gasteiger partial charge in [0, 0.05) is 9.79 Å². The minimum atomic E-state index is 0.0819. The summed E-state index contributed by atoms with van der Waals surface area (Å²) in [5, 5.41) is 3.61. The highest BCUT2D eigenvalue weighted by Crippen LogP contribution is 2.18. The van der Waals surface area contributed by atoms with Gasteiger partial charge in [-0.15, -0.1) is 0 Å². The Kier molecular flexibility index (Phi) is 10.3. The van der Waals surface area contributed by atoms with Gasteiger partial charge in [-0.3, -0.25) is 9.59 Å². The summed E-state index contributed by atoms with van der Waals surface area (Å²) in [5.74, 6) is 0.164. The molecule has 4 heteroatoms. The van der Waals surface area contributed by atoms with Gasteiger partial charge in [0.2, 0.25) is 0 Å². The fourth-order valence-corrected chi connectivity index (χ4v) is 2.88. The molecule has 0 unspecified atom stereocenters. The molecule has 24 heavy (non-hydrogen) atoms. The number of rotatable bonds is 6. The second kappa shape index (κ2) is 12.4. The molecule has 0 heterocycles. The second-order valence-corrected chi connectivity index (χ2v) is 6.65. The van der Waals surface area contributed by atoms with Crippen LogP contribution >= 0.6 is 23.5 Å². The van der Waals surface area contributed by atoms with E-state index in [0.29, 0.717) is 0 Å². The normalized spacial score (nSPS) is 10.4. The van der Waals surface area contributed by atoms with Gasteiger partial charge in [-0.05, 0) is 61.1 Å². The first kappa shape index (κ1) is 20.0. The monoisotopic (exact) mass is 356 g/mol. The summed E-state index contributed by atoms with van der Waals surface area (Å²) in [5.41, 5.74) is 0. The van der Waals surface area contributed by atoms with Crippen molar-refractivity contribution in [1.82, 2.24) is 0 Å². The molecule has 0 N–H and O–H groups in total. The number of carbonyl (C=O) groups is 2. The SMILES string of the molecule is CC(=O)/C=C/Sc1ccccc1.CC(=O)/C=C\Sc1ccccc1. The molecule has 2 aromatic rings. The van der Waals surface area contributed by atoms with E-state index in [0.717, 1.165) is 9.79 Å². The van der Waals surface area contributed by atoms with Gasteiger partial charge < -0.3 is 0 Å². The number of hydrogen-bond acceptors (Lipinski definition) is 4. The van der Waals surface area contributed by atoms with Crippen LogP contribution in [0, 0.1) is 0 Å². The fourth-order valence-electron chi connectivity index (χ4n) is 1.41. The molecule has 2 aromatic carbocycles. The molecule has 0 saturated heterocycles. The summed E-state index contributed by atoms with van der Waals surface area (Å²) < 4.78 is 0. The zero-order chi connectivity index (χ0) is 17.6. The molecule has 0 aliphatic heterocycles. The Balaban J connectivity index is 0.000000240. The minimum absolute atomic E-state index is 0.0819. The number of allylic oxidation sites excluding steroid dienone is 2. The van der Waals surface area contributed by atoms with E-state index in [9.17, 15) is 9.59 Å². The number of ketones is 2. The average Bonchev–Trinajstić information content (AvgIpc) is 2.57. The van der Waals surface area contributed by atoms with Crippen molar-refractivity contribution >= 4 is 35.1 Å². The van der Waals surface area contributed by atoms with E-state index >= 15 is 0 Å². The van der Waals surface area contributed by atoms with Gasteiger partial charge in [-0.1, -0.05) is 59.9 Å². The molecule has 0 fully saturated rings. The zero-order valence-corrected chi connectivity index (χ0v) is 15.3. The molecular formula is C20H20O2S2. The second-order valence-electron chi connectivity index (χ2n) is 4.69. The Morgan fingerprint density at radius 2 is 1.00 bits per heavy atom. The minimum Gasteiger partial charge on any atom is -0.295 e. The van der Waals surface area contributed by atoms with Gasteiger partial charge in [0.1, 0.15) is 0 Å². The van der Waals surface area contributed by atoms with Crippen LogP contribution in [0.4, 0.5) is 0 Å². The highest BCUT2D eigenvalue weighted by Gasteiger charge is 1.87. The van der Waals surface area contributed by atoms with Crippen LogP contribution in [-0.4, -0.2) is 11.6 Å². The Morgan fingerprint density at radius 3 is 1.29 bits per heavy atom. The van der Waals surface area contributed by atoms with Gasteiger partial charge in [-0.2, -0.15) is 0 Å². The van der Waals surface area contributed by atoms with Crippen LogP contribution in [0.2, 0.25) is 0 Å². The zero-order valence-electron chi connectivity index (χ0n) is 13.7. The van der Waals surface area contributed by atoms with E-state index in [4.69, 9.17) is 0 Å². The van der Waals surface area contributed by atoms with E-state index in [1.165, 1.54) is 0 Å². The Labute approximate surface area is 152 Å². The fraction of sp³-hybridized carbons (Fsp3) is 0.100. The van der Waals surface area contributed by atoms with Crippen LogP contribution in [0.25, 0.3) is 0 Å². The third-order valence-corrected chi connectivity index (χ3v) is 4.13. The van der Waals surface area contributed by atoms with E-state index < -0.39 is 0 Å². The molecule has 0 radical (unpaired) electrons. The molecule has 0 spiro atoms. The van der Waals surface area contributed by atoms with Gasteiger partial charge in [0.25, 0.3) is 0 Å². The van der Waals surface area contributed by atoms with Crippen LogP contribution in [0.5, 0.6) is 0 Å². The molecule has 0 aromatic heterocycles. The van der Waals surface area contributed by atoms with Crippen LogP contribution in [0.3, 0.4) is 0 Å². The number of carbonyl (C=O) groups excluding carboxylic acids is 2. The van der Waals surface area contributed by atoms with E-state index in [1.807, 2.05) is 60.7 Å². The maximum absolute atomic E-state index is 10.5. The quantitative estimate of drug-likeness (QED) is 0.486. The summed E-state index contributed by atoms with van der Waals surface area (Å²) in [4.78, 5) is 23.4.